The average Bonchev–Trinajstić information content (AvgIpc) is 2.88. The third-order valence-electron chi connectivity index (χ3n) is 4.81. The first-order chi connectivity index (χ1) is 17.7. The molecule has 0 aromatic heterocycles. The Morgan fingerprint density at radius 1 is 1.03 bits per heavy atom. The summed E-state index contributed by atoms with van der Waals surface area (Å²) >= 11 is 5.82. The summed E-state index contributed by atoms with van der Waals surface area (Å²) in [4.78, 5) is 24.1. The highest BCUT2D eigenvalue weighted by molar-refractivity contribution is 7.87. The van der Waals surface area contributed by atoms with Gasteiger partial charge in [0.25, 0.3) is 5.91 Å². The zero-order valence-corrected chi connectivity index (χ0v) is 21.3. The first kappa shape index (κ1) is 27.3. The minimum Gasteiger partial charge on any atom is -0.490 e. The van der Waals surface area contributed by atoms with E-state index in [1.165, 1.54) is 79.9 Å². The number of rotatable bonds is 9. The number of hydrogen-bond donors (Lipinski definition) is 1. The minimum atomic E-state index is -4.17. The molecule has 190 valence electrons. The number of anilines is 1. The second-order valence-electron chi connectivity index (χ2n) is 7.32. The van der Waals surface area contributed by atoms with Crippen LogP contribution in [0.25, 0.3) is 6.08 Å². The normalized spacial score (nSPS) is 11.2. The van der Waals surface area contributed by atoms with Crippen molar-refractivity contribution < 1.29 is 31.7 Å². The van der Waals surface area contributed by atoms with Crippen LogP contribution in [0.2, 0.25) is 5.02 Å². The molecule has 1 amide bonds. The summed E-state index contributed by atoms with van der Waals surface area (Å²) in [7, 11) is -2.91. The van der Waals surface area contributed by atoms with Gasteiger partial charge in [0.05, 0.1) is 19.3 Å². The van der Waals surface area contributed by atoms with Crippen LogP contribution in [-0.2, 0) is 19.6 Å². The van der Waals surface area contributed by atoms with E-state index in [0.717, 1.165) is 0 Å². The van der Waals surface area contributed by atoms with Gasteiger partial charge in [-0.1, -0.05) is 17.7 Å². The first-order valence-corrected chi connectivity index (χ1v) is 12.5. The van der Waals surface area contributed by atoms with E-state index >= 15 is 0 Å². The molecule has 0 bridgehead atoms. The fourth-order valence-corrected chi connectivity index (χ4v) is 4.11. The van der Waals surface area contributed by atoms with Gasteiger partial charge in [-0.15, -0.1) is 0 Å². The van der Waals surface area contributed by atoms with Gasteiger partial charge < -0.3 is 19.0 Å². The van der Waals surface area contributed by atoms with Crippen molar-refractivity contribution in [2.24, 2.45) is 0 Å². The Balaban J connectivity index is 1.83. The fourth-order valence-electron chi connectivity index (χ4n) is 3.04. The van der Waals surface area contributed by atoms with Gasteiger partial charge in [0, 0.05) is 10.7 Å². The molecule has 3 aromatic carbocycles. The van der Waals surface area contributed by atoms with Gasteiger partial charge in [0.2, 0.25) is 0 Å². The number of amides is 1. The topological polar surface area (TPSA) is 132 Å². The predicted octanol–water partition coefficient (Wildman–Crippen LogP) is 4.84. The van der Waals surface area contributed by atoms with Crippen LogP contribution >= 0.6 is 11.6 Å². The molecule has 0 radical (unpaired) electrons. The van der Waals surface area contributed by atoms with Crippen LogP contribution in [0.3, 0.4) is 0 Å². The smallest absolute Gasteiger partial charge is 0.339 e. The lowest BCUT2D eigenvalue weighted by molar-refractivity contribution is -0.112. The maximum atomic E-state index is 12.7. The molecule has 1 N–H and O–H groups in total. The standard InChI is InChI=1S/C26H21ClN2O7S/c1-3-35-24-15-17(4-13-23(24)36-37(32,33)22-11-7-20(27)8-12-22)14-19(16-28)25(30)29-21-9-5-18(6-10-21)26(31)34-2/h4-15H,3H2,1-2H3,(H,29,30)/b19-14+. The van der Waals surface area contributed by atoms with Gasteiger partial charge >= 0.3 is 16.1 Å². The van der Waals surface area contributed by atoms with E-state index in [9.17, 15) is 23.3 Å². The summed E-state index contributed by atoms with van der Waals surface area (Å²) in [5, 5.41) is 12.5. The van der Waals surface area contributed by atoms with E-state index in [-0.39, 0.29) is 28.6 Å². The Morgan fingerprint density at radius 3 is 2.30 bits per heavy atom. The van der Waals surface area contributed by atoms with Crippen LogP contribution in [0.1, 0.15) is 22.8 Å². The van der Waals surface area contributed by atoms with E-state index in [4.69, 9.17) is 20.5 Å². The molecule has 0 spiro atoms. The summed E-state index contributed by atoms with van der Waals surface area (Å²) in [5.41, 5.74) is 0.847. The summed E-state index contributed by atoms with van der Waals surface area (Å²) < 4.78 is 40.8. The second kappa shape index (κ2) is 12.1. The molecular formula is C26H21ClN2O7S. The molecule has 0 aliphatic heterocycles. The van der Waals surface area contributed by atoms with Gasteiger partial charge in [-0.25, -0.2) is 4.79 Å². The van der Waals surface area contributed by atoms with E-state index in [2.05, 4.69) is 10.1 Å². The maximum absolute atomic E-state index is 12.7. The molecule has 0 aliphatic carbocycles. The number of nitrogens with zero attached hydrogens (tertiary/aromatic N) is 1. The van der Waals surface area contributed by atoms with Gasteiger partial charge in [-0.05, 0) is 79.2 Å². The number of carbonyl (C=O) groups is 2. The summed E-state index contributed by atoms with van der Waals surface area (Å²) in [6.45, 7) is 1.91. The van der Waals surface area contributed by atoms with Gasteiger partial charge in [-0.2, -0.15) is 13.7 Å². The molecule has 9 nitrogen and oxygen atoms in total. The largest absolute Gasteiger partial charge is 0.490 e. The van der Waals surface area contributed by atoms with Crippen LogP contribution in [0.5, 0.6) is 11.5 Å². The number of nitrogens with one attached hydrogen (secondary N) is 1. The van der Waals surface area contributed by atoms with Crippen LogP contribution in [0.15, 0.2) is 77.2 Å². The van der Waals surface area contributed by atoms with E-state index in [0.29, 0.717) is 21.8 Å². The lowest BCUT2D eigenvalue weighted by Crippen LogP contribution is -2.13. The van der Waals surface area contributed by atoms with Gasteiger partial charge in [-0.3, -0.25) is 4.79 Å². The highest BCUT2D eigenvalue weighted by atomic mass is 35.5. The molecule has 0 atom stereocenters. The highest BCUT2D eigenvalue weighted by Crippen LogP contribution is 2.32. The van der Waals surface area contributed by atoms with Crippen molar-refractivity contribution in [3.05, 3.63) is 88.5 Å². The first-order valence-electron chi connectivity index (χ1n) is 10.7. The number of hydrogen-bond acceptors (Lipinski definition) is 8. The van der Waals surface area contributed by atoms with Crippen molar-refractivity contribution in [1.82, 2.24) is 0 Å². The molecule has 3 aromatic rings. The maximum Gasteiger partial charge on any atom is 0.339 e. The minimum absolute atomic E-state index is 0.0670. The number of benzene rings is 3. The van der Waals surface area contributed by atoms with Crippen molar-refractivity contribution in [2.75, 3.05) is 19.0 Å². The average molecular weight is 541 g/mol. The molecule has 0 saturated carbocycles. The number of halogens is 1. The number of esters is 1. The Kier molecular flexibility index (Phi) is 8.90. The van der Waals surface area contributed by atoms with Crippen molar-refractivity contribution in [3.8, 4) is 17.6 Å². The highest BCUT2D eigenvalue weighted by Gasteiger charge is 2.20. The molecule has 11 heteroatoms. The summed E-state index contributed by atoms with van der Waals surface area (Å²) in [6.07, 6.45) is 1.32. The quantitative estimate of drug-likeness (QED) is 0.176. The molecular weight excluding hydrogens is 520 g/mol. The Morgan fingerprint density at radius 2 is 1.70 bits per heavy atom. The third-order valence-corrected chi connectivity index (χ3v) is 6.31. The van der Waals surface area contributed by atoms with Crippen LogP contribution in [-0.4, -0.2) is 34.0 Å². The van der Waals surface area contributed by atoms with E-state index in [1.54, 1.807) is 6.92 Å². The van der Waals surface area contributed by atoms with Crippen molar-refractivity contribution in [2.45, 2.75) is 11.8 Å². The zero-order chi connectivity index (χ0) is 27.0. The fraction of sp³-hybridized carbons (Fsp3) is 0.115. The van der Waals surface area contributed by atoms with E-state index in [1.807, 2.05) is 6.07 Å². The zero-order valence-electron chi connectivity index (χ0n) is 19.7. The number of ether oxygens (including phenoxy) is 2. The Labute approximate surface area is 219 Å². The second-order valence-corrected chi connectivity index (χ2v) is 9.31. The monoisotopic (exact) mass is 540 g/mol. The molecule has 37 heavy (non-hydrogen) atoms. The molecule has 0 heterocycles. The van der Waals surface area contributed by atoms with Gasteiger partial charge in [0.1, 0.15) is 16.5 Å². The Hall–Kier alpha value is -4.33. The number of nitriles is 1. The van der Waals surface area contributed by atoms with Crippen molar-refractivity contribution in [1.29, 1.82) is 5.26 Å². The lowest BCUT2D eigenvalue weighted by Gasteiger charge is -2.13. The van der Waals surface area contributed by atoms with Crippen LogP contribution in [0.4, 0.5) is 5.69 Å². The van der Waals surface area contributed by atoms with E-state index < -0.39 is 22.0 Å². The van der Waals surface area contributed by atoms with Crippen LogP contribution < -0.4 is 14.2 Å². The third kappa shape index (κ3) is 7.10. The molecule has 0 unspecified atom stereocenters. The lowest BCUT2D eigenvalue weighted by atomic mass is 10.1. The Bertz CT molecular complexity index is 1480. The SMILES string of the molecule is CCOc1cc(/C=C(\C#N)C(=O)Nc2ccc(C(=O)OC)cc2)ccc1OS(=O)(=O)c1ccc(Cl)cc1. The molecule has 0 saturated heterocycles. The summed E-state index contributed by atoms with van der Waals surface area (Å²) in [5.74, 6) is -1.17. The van der Waals surface area contributed by atoms with Crippen LogP contribution in [0, 0.1) is 11.3 Å². The molecule has 0 fully saturated rings. The molecule has 3 rings (SSSR count). The number of methoxy groups -OCH3 is 1. The van der Waals surface area contributed by atoms with Gasteiger partial charge in [0.15, 0.2) is 11.5 Å². The van der Waals surface area contributed by atoms with Crippen molar-refractivity contribution >= 4 is 45.4 Å². The number of carbonyl (C=O) groups excluding carboxylic acids is 2. The van der Waals surface area contributed by atoms with Crippen molar-refractivity contribution in [3.63, 3.8) is 0 Å². The molecule has 0 aliphatic rings. The summed E-state index contributed by atoms with van der Waals surface area (Å²) in [6, 6.07) is 17.6. The predicted molar refractivity (Wildman–Crippen MR) is 137 cm³/mol.